The molecular formula is C16H24N2O3. The van der Waals surface area contributed by atoms with Crippen LogP contribution >= 0.6 is 0 Å². The van der Waals surface area contributed by atoms with E-state index in [-0.39, 0.29) is 31.0 Å². The number of aliphatic carboxylic acids is 1. The van der Waals surface area contributed by atoms with Gasteiger partial charge in [-0.2, -0.15) is 0 Å². The van der Waals surface area contributed by atoms with Gasteiger partial charge in [0.05, 0.1) is 13.1 Å². The van der Waals surface area contributed by atoms with Gasteiger partial charge in [0.15, 0.2) is 0 Å². The maximum atomic E-state index is 11.9. The number of carboxylic acids is 1. The minimum absolute atomic E-state index is 0.0124. The molecule has 5 nitrogen and oxygen atoms in total. The van der Waals surface area contributed by atoms with E-state index in [1.54, 1.807) is 4.90 Å². The Kier molecular flexibility index (Phi) is 6.88. The van der Waals surface area contributed by atoms with Crippen molar-refractivity contribution >= 4 is 11.9 Å². The van der Waals surface area contributed by atoms with Crippen LogP contribution in [0.2, 0.25) is 0 Å². The molecule has 0 aliphatic carbocycles. The summed E-state index contributed by atoms with van der Waals surface area (Å²) in [6.07, 6.45) is 0. The molecule has 0 aliphatic heterocycles. The summed E-state index contributed by atoms with van der Waals surface area (Å²) in [6, 6.07) is 9.98. The minimum atomic E-state index is -0.922. The van der Waals surface area contributed by atoms with E-state index >= 15 is 0 Å². The van der Waals surface area contributed by atoms with Crippen molar-refractivity contribution in [1.29, 1.82) is 0 Å². The van der Waals surface area contributed by atoms with Gasteiger partial charge in [-0.25, -0.2) is 0 Å². The van der Waals surface area contributed by atoms with E-state index in [1.165, 1.54) is 5.56 Å². The van der Waals surface area contributed by atoms with Crippen molar-refractivity contribution in [3.8, 4) is 0 Å². The number of benzene rings is 1. The molecule has 2 N–H and O–H groups in total. The monoisotopic (exact) mass is 292 g/mol. The zero-order chi connectivity index (χ0) is 15.8. The summed E-state index contributed by atoms with van der Waals surface area (Å²) < 4.78 is 0. The second-order valence-corrected chi connectivity index (χ2v) is 5.51. The molecular weight excluding hydrogens is 268 g/mol. The van der Waals surface area contributed by atoms with E-state index in [4.69, 9.17) is 5.11 Å². The van der Waals surface area contributed by atoms with E-state index in [2.05, 4.69) is 5.32 Å². The van der Waals surface area contributed by atoms with Gasteiger partial charge in [-0.3, -0.25) is 14.5 Å². The Hall–Kier alpha value is -1.88. The maximum Gasteiger partial charge on any atom is 0.317 e. The molecule has 5 heteroatoms. The predicted molar refractivity (Wildman–Crippen MR) is 82.2 cm³/mol. The van der Waals surface area contributed by atoms with Crippen LogP contribution in [0, 0.1) is 0 Å². The average Bonchev–Trinajstić information content (AvgIpc) is 2.44. The fourth-order valence-corrected chi connectivity index (χ4v) is 2.00. The van der Waals surface area contributed by atoms with Crippen molar-refractivity contribution in [3.63, 3.8) is 0 Å². The number of nitrogens with zero attached hydrogens (tertiary/aromatic N) is 1. The SMILES string of the molecule is CC(CNC(=O)CN(CC(=O)O)C(C)C)c1ccccc1. The van der Waals surface area contributed by atoms with Crippen molar-refractivity contribution in [2.45, 2.75) is 32.7 Å². The van der Waals surface area contributed by atoms with Crippen LogP contribution < -0.4 is 5.32 Å². The molecule has 0 spiro atoms. The summed E-state index contributed by atoms with van der Waals surface area (Å²) in [7, 11) is 0. The van der Waals surface area contributed by atoms with Crippen LogP contribution in [0.15, 0.2) is 30.3 Å². The molecule has 1 aromatic rings. The highest BCUT2D eigenvalue weighted by atomic mass is 16.4. The van der Waals surface area contributed by atoms with Crippen LogP contribution in [-0.4, -0.2) is 47.6 Å². The van der Waals surface area contributed by atoms with E-state index in [0.29, 0.717) is 6.54 Å². The first-order valence-corrected chi connectivity index (χ1v) is 7.17. The van der Waals surface area contributed by atoms with Crippen molar-refractivity contribution in [2.75, 3.05) is 19.6 Å². The maximum absolute atomic E-state index is 11.9. The molecule has 1 amide bonds. The summed E-state index contributed by atoms with van der Waals surface area (Å²) in [5, 5.41) is 11.7. The fraction of sp³-hybridized carbons (Fsp3) is 0.500. The van der Waals surface area contributed by atoms with Crippen LogP contribution in [-0.2, 0) is 9.59 Å². The van der Waals surface area contributed by atoms with Gasteiger partial charge in [-0.05, 0) is 25.3 Å². The summed E-state index contributed by atoms with van der Waals surface area (Å²) in [6.45, 7) is 6.32. The van der Waals surface area contributed by atoms with E-state index in [9.17, 15) is 9.59 Å². The Bertz CT molecular complexity index is 460. The smallest absolute Gasteiger partial charge is 0.317 e. The second kappa shape index (κ2) is 8.42. The lowest BCUT2D eigenvalue weighted by Gasteiger charge is -2.24. The second-order valence-electron chi connectivity index (χ2n) is 5.51. The van der Waals surface area contributed by atoms with E-state index < -0.39 is 5.97 Å². The first kappa shape index (κ1) is 17.2. The van der Waals surface area contributed by atoms with Gasteiger partial charge in [-0.15, -0.1) is 0 Å². The molecule has 0 saturated heterocycles. The van der Waals surface area contributed by atoms with Crippen LogP contribution in [0.5, 0.6) is 0 Å². The topological polar surface area (TPSA) is 69.6 Å². The number of carboxylic acid groups (broad SMARTS) is 1. The number of carbonyl (C=O) groups excluding carboxylic acids is 1. The Morgan fingerprint density at radius 1 is 1.14 bits per heavy atom. The molecule has 0 aromatic heterocycles. The fourth-order valence-electron chi connectivity index (χ4n) is 2.00. The van der Waals surface area contributed by atoms with Crippen LogP contribution in [0.4, 0.5) is 0 Å². The Balaban J connectivity index is 2.44. The van der Waals surface area contributed by atoms with E-state index in [0.717, 1.165) is 0 Å². The standard InChI is InChI=1S/C16H24N2O3/c1-12(2)18(11-16(20)21)10-15(19)17-9-13(3)14-7-5-4-6-8-14/h4-8,12-13H,9-11H2,1-3H3,(H,17,19)(H,20,21). The van der Waals surface area contributed by atoms with Gasteiger partial charge in [0.1, 0.15) is 0 Å². The average molecular weight is 292 g/mol. The molecule has 1 unspecified atom stereocenters. The third-order valence-electron chi connectivity index (χ3n) is 3.39. The lowest BCUT2D eigenvalue weighted by atomic mass is 10.0. The molecule has 1 rings (SSSR count). The molecule has 1 aromatic carbocycles. The molecule has 0 radical (unpaired) electrons. The number of carbonyl (C=O) groups is 2. The molecule has 0 heterocycles. The van der Waals surface area contributed by atoms with Gasteiger partial charge in [0, 0.05) is 12.6 Å². The lowest BCUT2D eigenvalue weighted by molar-refractivity contribution is -0.139. The van der Waals surface area contributed by atoms with Gasteiger partial charge >= 0.3 is 5.97 Å². The largest absolute Gasteiger partial charge is 0.480 e. The molecule has 0 bridgehead atoms. The zero-order valence-electron chi connectivity index (χ0n) is 12.9. The summed E-state index contributed by atoms with van der Waals surface area (Å²) in [4.78, 5) is 24.3. The van der Waals surface area contributed by atoms with Crippen LogP contribution in [0.25, 0.3) is 0 Å². The zero-order valence-corrected chi connectivity index (χ0v) is 12.9. The highest BCUT2D eigenvalue weighted by Gasteiger charge is 2.17. The highest BCUT2D eigenvalue weighted by molar-refractivity contribution is 5.79. The number of nitrogens with one attached hydrogen (secondary N) is 1. The Morgan fingerprint density at radius 2 is 1.76 bits per heavy atom. The van der Waals surface area contributed by atoms with E-state index in [1.807, 2.05) is 51.1 Å². The van der Waals surface area contributed by atoms with Crippen molar-refractivity contribution in [1.82, 2.24) is 10.2 Å². The highest BCUT2D eigenvalue weighted by Crippen LogP contribution is 2.12. The summed E-state index contributed by atoms with van der Waals surface area (Å²) in [5.74, 6) is -0.844. The normalized spacial score (nSPS) is 12.4. The third-order valence-corrected chi connectivity index (χ3v) is 3.39. The van der Waals surface area contributed by atoms with Crippen LogP contribution in [0.1, 0.15) is 32.3 Å². The molecule has 1 atom stereocenters. The van der Waals surface area contributed by atoms with Crippen molar-refractivity contribution in [2.24, 2.45) is 0 Å². The quantitative estimate of drug-likeness (QED) is 0.765. The molecule has 0 saturated carbocycles. The van der Waals surface area contributed by atoms with Crippen molar-refractivity contribution < 1.29 is 14.7 Å². The van der Waals surface area contributed by atoms with Gasteiger partial charge < -0.3 is 10.4 Å². The predicted octanol–water partition coefficient (Wildman–Crippen LogP) is 1.70. The van der Waals surface area contributed by atoms with Gasteiger partial charge in [-0.1, -0.05) is 37.3 Å². The Morgan fingerprint density at radius 3 is 2.29 bits per heavy atom. The summed E-state index contributed by atoms with van der Waals surface area (Å²) in [5.41, 5.74) is 1.17. The molecule has 0 fully saturated rings. The minimum Gasteiger partial charge on any atom is -0.480 e. The van der Waals surface area contributed by atoms with Gasteiger partial charge in [0.25, 0.3) is 0 Å². The molecule has 116 valence electrons. The number of hydrogen-bond donors (Lipinski definition) is 2. The lowest BCUT2D eigenvalue weighted by Crippen LogP contribution is -2.43. The number of hydrogen-bond acceptors (Lipinski definition) is 3. The number of amides is 1. The van der Waals surface area contributed by atoms with Crippen molar-refractivity contribution in [3.05, 3.63) is 35.9 Å². The molecule has 21 heavy (non-hydrogen) atoms. The first-order valence-electron chi connectivity index (χ1n) is 7.17. The Labute approximate surface area is 126 Å². The molecule has 0 aliphatic rings. The van der Waals surface area contributed by atoms with Gasteiger partial charge in [0.2, 0.25) is 5.91 Å². The third kappa shape index (κ3) is 6.40. The first-order chi connectivity index (χ1) is 9.90. The van der Waals surface area contributed by atoms with Crippen LogP contribution in [0.3, 0.4) is 0 Å². The summed E-state index contributed by atoms with van der Waals surface area (Å²) >= 11 is 0. The number of rotatable bonds is 8.